The van der Waals surface area contributed by atoms with Gasteiger partial charge in [-0.3, -0.25) is 9.78 Å². The number of amides is 1. The summed E-state index contributed by atoms with van der Waals surface area (Å²) in [5.74, 6) is -1.68. The van der Waals surface area contributed by atoms with Crippen LogP contribution in [0.4, 0.5) is 0 Å². The number of carbonyl (C=O) groups is 2. The first-order valence-electron chi connectivity index (χ1n) is 12.0. The molecule has 200 valence electrons. The number of nitrogens with one attached hydrogen (secondary N) is 1. The van der Waals surface area contributed by atoms with Gasteiger partial charge in [0.25, 0.3) is 5.91 Å². The first-order valence-corrected chi connectivity index (χ1v) is 13.9. The molecular formula is C29H26ClN3O5S. The van der Waals surface area contributed by atoms with Crippen LogP contribution in [-0.2, 0) is 34.3 Å². The Balaban J connectivity index is 1.51. The van der Waals surface area contributed by atoms with E-state index in [9.17, 15) is 23.1 Å². The van der Waals surface area contributed by atoms with Gasteiger partial charge in [-0.1, -0.05) is 60.1 Å². The Labute approximate surface area is 232 Å². The number of pyridine rings is 1. The maximum Gasteiger partial charge on any atom is 0.326 e. The van der Waals surface area contributed by atoms with Crippen LogP contribution in [0.1, 0.15) is 27.2 Å². The van der Waals surface area contributed by atoms with Gasteiger partial charge in [0.1, 0.15) is 6.04 Å². The number of carboxylic acids is 1. The van der Waals surface area contributed by atoms with E-state index in [-0.39, 0.29) is 30.0 Å². The van der Waals surface area contributed by atoms with Crippen molar-refractivity contribution >= 4 is 33.5 Å². The predicted octanol–water partition coefficient (Wildman–Crippen LogP) is 4.55. The number of hydrogen-bond donors (Lipinski definition) is 2. The topological polar surface area (TPSA) is 117 Å². The van der Waals surface area contributed by atoms with Gasteiger partial charge in [0.15, 0.2) is 0 Å². The van der Waals surface area contributed by atoms with E-state index < -0.39 is 27.9 Å². The van der Waals surface area contributed by atoms with E-state index in [0.29, 0.717) is 16.3 Å². The highest BCUT2D eigenvalue weighted by atomic mass is 35.5. The van der Waals surface area contributed by atoms with Crippen LogP contribution in [0, 0.1) is 0 Å². The van der Waals surface area contributed by atoms with Crippen molar-refractivity contribution in [3.8, 4) is 0 Å². The van der Waals surface area contributed by atoms with Crippen LogP contribution in [-0.4, -0.2) is 40.7 Å². The summed E-state index contributed by atoms with van der Waals surface area (Å²) in [5.41, 5.74) is 2.26. The van der Waals surface area contributed by atoms with Crippen LogP contribution in [0.2, 0.25) is 5.02 Å². The van der Waals surface area contributed by atoms with Gasteiger partial charge in [-0.15, -0.1) is 0 Å². The molecule has 1 amide bonds. The van der Waals surface area contributed by atoms with Gasteiger partial charge in [0.2, 0.25) is 10.0 Å². The zero-order valence-corrected chi connectivity index (χ0v) is 22.3. The maximum absolute atomic E-state index is 13.5. The van der Waals surface area contributed by atoms with Crippen molar-refractivity contribution in [3.05, 3.63) is 131 Å². The minimum atomic E-state index is -3.91. The average molecular weight is 564 g/mol. The highest BCUT2D eigenvalue weighted by Gasteiger charge is 2.26. The Morgan fingerprint density at radius 1 is 0.846 bits per heavy atom. The van der Waals surface area contributed by atoms with Crippen LogP contribution < -0.4 is 5.32 Å². The Morgan fingerprint density at radius 3 is 2.13 bits per heavy atom. The molecule has 39 heavy (non-hydrogen) atoms. The molecule has 1 atom stereocenters. The zero-order chi connectivity index (χ0) is 27.8. The summed E-state index contributed by atoms with van der Waals surface area (Å²) in [6, 6.07) is 25.5. The summed E-state index contributed by atoms with van der Waals surface area (Å²) in [4.78, 5) is 28.9. The zero-order valence-electron chi connectivity index (χ0n) is 20.8. The Hall–Kier alpha value is -4.05. The number of aliphatic carboxylic acids is 1. The van der Waals surface area contributed by atoms with Crippen LogP contribution in [0.3, 0.4) is 0 Å². The van der Waals surface area contributed by atoms with Crippen molar-refractivity contribution in [2.24, 2.45) is 0 Å². The molecule has 0 aliphatic carbocycles. The number of benzene rings is 3. The molecule has 10 heteroatoms. The fourth-order valence-corrected chi connectivity index (χ4v) is 5.44. The monoisotopic (exact) mass is 563 g/mol. The minimum absolute atomic E-state index is 0.0230. The third-order valence-corrected chi connectivity index (χ3v) is 8.03. The third-order valence-electron chi connectivity index (χ3n) is 5.98. The van der Waals surface area contributed by atoms with E-state index in [4.69, 9.17) is 11.6 Å². The molecule has 0 saturated carbocycles. The molecule has 3 aromatic carbocycles. The van der Waals surface area contributed by atoms with Gasteiger partial charge < -0.3 is 10.4 Å². The van der Waals surface area contributed by atoms with Gasteiger partial charge in [-0.05, 0) is 59.7 Å². The van der Waals surface area contributed by atoms with Gasteiger partial charge in [-0.2, -0.15) is 4.31 Å². The normalized spacial score (nSPS) is 12.2. The fourth-order valence-electron chi connectivity index (χ4n) is 3.91. The third kappa shape index (κ3) is 7.51. The second-order valence-electron chi connectivity index (χ2n) is 8.80. The second-order valence-corrected chi connectivity index (χ2v) is 11.2. The summed E-state index contributed by atoms with van der Waals surface area (Å²) in [6.07, 6.45) is 1.74. The molecule has 8 nitrogen and oxygen atoms in total. The van der Waals surface area contributed by atoms with Crippen LogP contribution in [0.5, 0.6) is 0 Å². The predicted molar refractivity (Wildman–Crippen MR) is 148 cm³/mol. The molecule has 0 radical (unpaired) electrons. The average Bonchev–Trinajstić information content (AvgIpc) is 2.94. The molecule has 0 saturated heterocycles. The second kappa shape index (κ2) is 12.7. The molecule has 0 bridgehead atoms. The Morgan fingerprint density at radius 2 is 1.51 bits per heavy atom. The number of nitrogens with zero attached hydrogens (tertiary/aromatic N) is 2. The van der Waals surface area contributed by atoms with E-state index >= 15 is 0 Å². The van der Waals surface area contributed by atoms with Gasteiger partial charge >= 0.3 is 5.97 Å². The van der Waals surface area contributed by atoms with E-state index in [1.165, 1.54) is 28.6 Å². The smallest absolute Gasteiger partial charge is 0.326 e. The largest absolute Gasteiger partial charge is 0.480 e. The standard InChI is InChI=1S/C29H26ClN3O5S/c30-24-13-15-26(16-14-24)39(37,38)33(20-25-8-4-5-17-31-25)19-22-9-11-23(12-10-22)28(34)32-27(29(35)36)18-21-6-2-1-3-7-21/h1-17,27H,18-20H2,(H,32,34)(H,35,36)/t27-/m1/s1. The summed E-state index contributed by atoms with van der Waals surface area (Å²) in [6.45, 7) is 0.0585. The highest BCUT2D eigenvalue weighted by Crippen LogP contribution is 2.22. The van der Waals surface area contributed by atoms with Crippen molar-refractivity contribution in [1.82, 2.24) is 14.6 Å². The Kier molecular flexibility index (Phi) is 9.08. The lowest BCUT2D eigenvalue weighted by atomic mass is 10.1. The SMILES string of the molecule is O=C(N[C@H](Cc1ccccc1)C(=O)O)c1ccc(CN(Cc2ccccn2)S(=O)(=O)c2ccc(Cl)cc2)cc1. The van der Waals surface area contributed by atoms with Crippen molar-refractivity contribution < 1.29 is 23.1 Å². The summed E-state index contributed by atoms with van der Waals surface area (Å²) in [7, 11) is -3.91. The minimum Gasteiger partial charge on any atom is -0.480 e. The molecular weight excluding hydrogens is 538 g/mol. The number of halogens is 1. The van der Waals surface area contributed by atoms with Crippen LogP contribution >= 0.6 is 11.6 Å². The number of rotatable bonds is 11. The summed E-state index contributed by atoms with van der Waals surface area (Å²) < 4.78 is 28.3. The molecule has 1 aromatic heterocycles. The molecule has 2 N–H and O–H groups in total. The highest BCUT2D eigenvalue weighted by molar-refractivity contribution is 7.89. The molecule has 0 aliphatic heterocycles. The van der Waals surface area contributed by atoms with Crippen molar-refractivity contribution in [3.63, 3.8) is 0 Å². The lowest BCUT2D eigenvalue weighted by molar-refractivity contribution is -0.139. The molecule has 4 aromatic rings. The van der Waals surface area contributed by atoms with Gasteiger partial charge in [0.05, 0.1) is 17.1 Å². The molecule has 1 heterocycles. The van der Waals surface area contributed by atoms with Crippen LogP contribution in [0.15, 0.2) is 108 Å². The van der Waals surface area contributed by atoms with Crippen LogP contribution in [0.25, 0.3) is 0 Å². The molecule has 0 unspecified atom stereocenters. The molecule has 0 aliphatic rings. The van der Waals surface area contributed by atoms with Crippen molar-refractivity contribution in [2.75, 3.05) is 0 Å². The number of hydrogen-bond acceptors (Lipinski definition) is 5. The Bertz CT molecular complexity index is 1520. The molecule has 4 rings (SSSR count). The fraction of sp³-hybridized carbons (Fsp3) is 0.138. The number of aromatic nitrogens is 1. The van der Waals surface area contributed by atoms with Gasteiger partial charge in [0, 0.05) is 29.7 Å². The summed E-state index contributed by atoms with van der Waals surface area (Å²) in [5, 5.41) is 12.6. The van der Waals surface area contributed by atoms with E-state index in [2.05, 4.69) is 10.3 Å². The first kappa shape index (κ1) is 28.0. The number of carbonyl (C=O) groups excluding carboxylic acids is 1. The van der Waals surface area contributed by atoms with E-state index in [1.807, 2.05) is 6.07 Å². The lowest BCUT2D eigenvalue weighted by Gasteiger charge is -2.22. The number of carboxylic acid groups (broad SMARTS) is 1. The summed E-state index contributed by atoms with van der Waals surface area (Å²) >= 11 is 5.95. The maximum atomic E-state index is 13.5. The first-order chi connectivity index (χ1) is 18.7. The van der Waals surface area contributed by atoms with E-state index in [1.54, 1.807) is 72.9 Å². The quantitative estimate of drug-likeness (QED) is 0.276. The molecule has 0 fully saturated rings. The number of sulfonamides is 1. The molecule has 0 spiro atoms. The van der Waals surface area contributed by atoms with Crippen molar-refractivity contribution in [1.29, 1.82) is 0 Å². The van der Waals surface area contributed by atoms with E-state index in [0.717, 1.165) is 5.56 Å². The lowest BCUT2D eigenvalue weighted by Crippen LogP contribution is -2.42. The van der Waals surface area contributed by atoms with Gasteiger partial charge in [-0.25, -0.2) is 13.2 Å². The van der Waals surface area contributed by atoms with Crippen molar-refractivity contribution in [2.45, 2.75) is 30.4 Å².